The van der Waals surface area contributed by atoms with Gasteiger partial charge in [-0.2, -0.15) is 0 Å². The summed E-state index contributed by atoms with van der Waals surface area (Å²) < 4.78 is 36.0. The predicted octanol–water partition coefficient (Wildman–Crippen LogP) is 11.8. The van der Waals surface area contributed by atoms with E-state index in [-0.39, 0.29) is 5.41 Å². The molecule has 0 radical (unpaired) electrons. The molecule has 1 atom stereocenters. The third kappa shape index (κ3) is 7.77. The Bertz CT molecular complexity index is 2120. The Labute approximate surface area is 333 Å². The van der Waals surface area contributed by atoms with Crippen LogP contribution >= 0.6 is 0 Å². The summed E-state index contributed by atoms with van der Waals surface area (Å²) in [7, 11) is 1.71. The highest BCUT2D eigenvalue weighted by Gasteiger charge is 2.48. The van der Waals surface area contributed by atoms with E-state index < -0.39 is 5.60 Å². The minimum Gasteiger partial charge on any atom is -0.497 e. The molecule has 0 aromatic heterocycles. The quantitative estimate of drug-likeness (QED) is 0.0618. The molecule has 0 saturated heterocycles. The summed E-state index contributed by atoms with van der Waals surface area (Å²) in [6.07, 6.45) is 10.6. The lowest BCUT2D eigenvalue weighted by molar-refractivity contribution is -0.0506. The van der Waals surface area contributed by atoms with Crippen molar-refractivity contribution in [1.29, 1.82) is 0 Å². The molecule has 294 valence electrons. The second-order valence-corrected chi connectivity index (χ2v) is 15.4. The van der Waals surface area contributed by atoms with E-state index in [1.807, 2.05) is 26.0 Å². The van der Waals surface area contributed by atoms with Gasteiger partial charge >= 0.3 is 0 Å². The normalized spacial score (nSPS) is 16.4. The van der Waals surface area contributed by atoms with Crippen LogP contribution in [-0.2, 0) is 30.0 Å². The van der Waals surface area contributed by atoms with E-state index in [9.17, 15) is 0 Å². The summed E-state index contributed by atoms with van der Waals surface area (Å²) >= 11 is 0. The number of hydrogen-bond acceptors (Lipinski definition) is 6. The lowest BCUT2D eigenvalue weighted by atomic mass is 9.68. The Kier molecular flexibility index (Phi) is 12.6. The molecule has 56 heavy (non-hydrogen) atoms. The average molecular weight is 755 g/mol. The van der Waals surface area contributed by atoms with Gasteiger partial charge in [-0.05, 0) is 125 Å². The van der Waals surface area contributed by atoms with E-state index in [1.54, 1.807) is 7.11 Å². The van der Waals surface area contributed by atoms with Crippen molar-refractivity contribution in [3.8, 4) is 22.6 Å². The van der Waals surface area contributed by atoms with Gasteiger partial charge < -0.3 is 28.4 Å². The lowest BCUT2D eigenvalue weighted by Crippen LogP contribution is -2.35. The highest BCUT2D eigenvalue weighted by molar-refractivity contribution is 6.08. The maximum absolute atomic E-state index is 7.68. The van der Waals surface area contributed by atoms with Crippen molar-refractivity contribution in [2.75, 3.05) is 47.1 Å². The zero-order chi connectivity index (χ0) is 39.1. The third-order valence-corrected chi connectivity index (χ3v) is 11.7. The van der Waals surface area contributed by atoms with Crippen LogP contribution in [0.4, 0.5) is 0 Å². The van der Waals surface area contributed by atoms with E-state index >= 15 is 0 Å². The molecular weight excluding hydrogens is 697 g/mol. The smallest absolute Gasteiger partial charge is 0.178 e. The molecule has 0 spiro atoms. The highest BCUT2D eigenvalue weighted by atomic mass is 16.7. The molecule has 0 fully saturated rings. The van der Waals surface area contributed by atoms with Crippen LogP contribution in [0.15, 0.2) is 91.0 Å². The molecule has 0 amide bonds. The molecule has 6 heteroatoms. The molecule has 1 heterocycles. The SMILES string of the molecule is CCOCOCCCCC1(CCCCOCOCC)c2cc(C)ccc2-c2c1c1c(c3cc(C)ccc23)OC(c2ccc(C)cc2)(c2ccc(OC)cc2)C=C1. The molecule has 0 saturated carbocycles. The van der Waals surface area contributed by atoms with Crippen molar-refractivity contribution in [2.24, 2.45) is 0 Å². The number of ether oxygens (including phenoxy) is 6. The summed E-state index contributed by atoms with van der Waals surface area (Å²) in [5, 5.41) is 2.38. The monoisotopic (exact) mass is 754 g/mol. The van der Waals surface area contributed by atoms with Gasteiger partial charge in [-0.1, -0.05) is 89.5 Å². The number of aryl methyl sites for hydroxylation is 3. The summed E-state index contributed by atoms with van der Waals surface area (Å²) in [6, 6.07) is 31.1. The summed E-state index contributed by atoms with van der Waals surface area (Å²) in [4.78, 5) is 0. The zero-order valence-corrected chi connectivity index (χ0v) is 34.2. The fraction of sp³-hybridized carbons (Fsp3) is 0.400. The van der Waals surface area contributed by atoms with Crippen LogP contribution < -0.4 is 9.47 Å². The van der Waals surface area contributed by atoms with Gasteiger partial charge in [0.1, 0.15) is 25.1 Å². The van der Waals surface area contributed by atoms with Crippen LogP contribution in [0.5, 0.6) is 11.5 Å². The van der Waals surface area contributed by atoms with E-state index in [0.717, 1.165) is 66.5 Å². The fourth-order valence-corrected chi connectivity index (χ4v) is 8.87. The van der Waals surface area contributed by atoms with Crippen LogP contribution in [-0.4, -0.2) is 47.1 Å². The largest absolute Gasteiger partial charge is 0.497 e. The topological polar surface area (TPSA) is 55.4 Å². The third-order valence-electron chi connectivity index (χ3n) is 11.7. The molecular formula is C50H58O6. The van der Waals surface area contributed by atoms with Gasteiger partial charge in [-0.15, -0.1) is 0 Å². The summed E-state index contributed by atoms with van der Waals surface area (Å²) in [5.74, 6) is 1.76. The van der Waals surface area contributed by atoms with Crippen LogP contribution in [0, 0.1) is 20.8 Å². The Hall–Kier alpha value is -4.46. The minimum absolute atomic E-state index is 0.239. The van der Waals surface area contributed by atoms with E-state index in [4.69, 9.17) is 28.4 Å². The van der Waals surface area contributed by atoms with Gasteiger partial charge in [0.25, 0.3) is 0 Å². The molecule has 1 aliphatic heterocycles. The molecule has 0 N–H and O–H groups in total. The average Bonchev–Trinajstić information content (AvgIpc) is 3.49. The first kappa shape index (κ1) is 39.8. The molecule has 5 aromatic rings. The van der Waals surface area contributed by atoms with Gasteiger partial charge in [0.15, 0.2) is 5.60 Å². The van der Waals surface area contributed by atoms with Crippen molar-refractivity contribution < 1.29 is 28.4 Å². The van der Waals surface area contributed by atoms with E-state index in [1.165, 1.54) is 49.9 Å². The number of unbranched alkanes of at least 4 members (excludes halogenated alkanes) is 2. The van der Waals surface area contributed by atoms with Crippen molar-refractivity contribution in [2.45, 2.75) is 84.2 Å². The Morgan fingerprint density at radius 3 is 1.82 bits per heavy atom. The first-order chi connectivity index (χ1) is 27.3. The number of hydrogen-bond donors (Lipinski definition) is 0. The number of rotatable bonds is 19. The molecule has 5 aromatic carbocycles. The number of benzene rings is 5. The molecule has 6 nitrogen and oxygen atoms in total. The summed E-state index contributed by atoms with van der Waals surface area (Å²) in [6.45, 7) is 13.9. The van der Waals surface area contributed by atoms with Crippen molar-refractivity contribution in [3.63, 3.8) is 0 Å². The number of fused-ring (bicyclic) bond motifs is 8. The van der Waals surface area contributed by atoms with Crippen LogP contribution in [0.3, 0.4) is 0 Å². The van der Waals surface area contributed by atoms with Crippen molar-refractivity contribution in [3.05, 3.63) is 136 Å². The predicted molar refractivity (Wildman–Crippen MR) is 227 cm³/mol. The van der Waals surface area contributed by atoms with Gasteiger partial charge in [-0.25, -0.2) is 0 Å². The molecule has 1 unspecified atom stereocenters. The molecule has 0 bridgehead atoms. The maximum atomic E-state index is 7.68. The Balaban J connectivity index is 1.42. The highest BCUT2D eigenvalue weighted by Crippen LogP contribution is 2.61. The Morgan fingerprint density at radius 2 is 1.20 bits per heavy atom. The Morgan fingerprint density at radius 1 is 0.607 bits per heavy atom. The molecule has 7 rings (SSSR count). The fourth-order valence-electron chi connectivity index (χ4n) is 8.87. The van der Waals surface area contributed by atoms with E-state index in [0.29, 0.717) is 40.0 Å². The van der Waals surface area contributed by atoms with Crippen molar-refractivity contribution >= 4 is 16.8 Å². The first-order valence-electron chi connectivity index (χ1n) is 20.5. The maximum Gasteiger partial charge on any atom is 0.178 e. The van der Waals surface area contributed by atoms with Gasteiger partial charge in [0.05, 0.1) is 7.11 Å². The minimum atomic E-state index is -0.849. The molecule has 2 aliphatic rings. The van der Waals surface area contributed by atoms with Crippen LogP contribution in [0.25, 0.3) is 28.0 Å². The summed E-state index contributed by atoms with van der Waals surface area (Å²) in [5.41, 5.74) is 11.4. The second-order valence-electron chi connectivity index (χ2n) is 15.4. The van der Waals surface area contributed by atoms with E-state index in [2.05, 4.69) is 106 Å². The molecule has 1 aliphatic carbocycles. The van der Waals surface area contributed by atoms with Crippen molar-refractivity contribution in [1.82, 2.24) is 0 Å². The second kappa shape index (κ2) is 17.8. The van der Waals surface area contributed by atoms with Gasteiger partial charge in [0.2, 0.25) is 0 Å². The van der Waals surface area contributed by atoms with Crippen LogP contribution in [0.2, 0.25) is 0 Å². The zero-order valence-electron chi connectivity index (χ0n) is 34.2. The van der Waals surface area contributed by atoms with Gasteiger partial charge in [0, 0.05) is 53.9 Å². The standard InChI is InChI=1S/C50H58O6/c1-7-52-33-54-29-11-9-26-49(27-10-12-30-55-34-53-8-2)45-32-37(5)16-24-42(45)46-41-23-15-36(4)31-44(41)48-43(47(46)49)25-28-50(56-48,38-17-13-35(3)14-18-38)39-19-21-40(51-6)22-20-39/h13-25,28,31-32H,7-12,26-27,29-30,33-34H2,1-6H3. The number of methoxy groups -OCH3 is 1. The van der Waals surface area contributed by atoms with Crippen LogP contribution in [0.1, 0.15) is 96.9 Å². The first-order valence-corrected chi connectivity index (χ1v) is 20.5. The lowest BCUT2D eigenvalue weighted by Gasteiger charge is -2.40. The van der Waals surface area contributed by atoms with Gasteiger partial charge in [-0.3, -0.25) is 0 Å².